The van der Waals surface area contributed by atoms with Crippen LogP contribution in [0, 0.1) is 10.1 Å². The molecule has 1 aliphatic rings. The van der Waals surface area contributed by atoms with Crippen LogP contribution in [0.2, 0.25) is 0 Å². The van der Waals surface area contributed by atoms with Gasteiger partial charge >= 0.3 is 0 Å². The summed E-state index contributed by atoms with van der Waals surface area (Å²) in [5, 5.41) is 10.7. The molecule has 0 aromatic heterocycles. The minimum Gasteiger partial charge on any atom is -0.397 e. The molecule has 2 unspecified atom stereocenters. The molecule has 2 aromatic carbocycles. The molecule has 8 heteroatoms. The first-order valence-electron chi connectivity index (χ1n) is 7.08. The summed E-state index contributed by atoms with van der Waals surface area (Å²) in [7, 11) is -2.52. The maximum absolute atomic E-state index is 12.2. The Bertz CT molecular complexity index is 708. The van der Waals surface area contributed by atoms with Crippen LogP contribution in [0.15, 0.2) is 54.6 Å². The molecule has 23 heavy (non-hydrogen) atoms. The second-order valence-corrected chi connectivity index (χ2v) is 6.26. The zero-order chi connectivity index (χ0) is 16.2. The van der Waals surface area contributed by atoms with Crippen molar-refractivity contribution in [3.8, 4) is 5.75 Å². The molecular formula is C15H15N2O5P. The van der Waals surface area contributed by atoms with Crippen molar-refractivity contribution in [2.24, 2.45) is 0 Å². The van der Waals surface area contributed by atoms with Crippen LogP contribution in [-0.2, 0) is 9.09 Å². The first-order chi connectivity index (χ1) is 11.1. The summed E-state index contributed by atoms with van der Waals surface area (Å²) in [5.74, 6) is 0.375. The number of nitro benzene ring substituents is 1. The van der Waals surface area contributed by atoms with Crippen molar-refractivity contribution in [2.75, 3.05) is 6.61 Å². The Morgan fingerprint density at radius 3 is 2.52 bits per heavy atom. The topological polar surface area (TPSA) is 81.9 Å². The Hall–Kier alpha value is -2.21. The zero-order valence-corrected chi connectivity index (χ0v) is 13.1. The maximum atomic E-state index is 12.2. The molecule has 0 amide bonds. The van der Waals surface area contributed by atoms with Crippen molar-refractivity contribution in [2.45, 2.75) is 12.5 Å². The van der Waals surface area contributed by atoms with E-state index in [1.807, 2.05) is 30.3 Å². The van der Waals surface area contributed by atoms with Gasteiger partial charge in [-0.1, -0.05) is 35.2 Å². The minimum absolute atomic E-state index is 0.0282. The first-order valence-corrected chi connectivity index (χ1v) is 8.35. The van der Waals surface area contributed by atoms with Crippen LogP contribution in [0.4, 0.5) is 5.69 Å². The van der Waals surface area contributed by atoms with Crippen LogP contribution in [0.1, 0.15) is 18.0 Å². The maximum Gasteiger partial charge on any atom is 0.293 e. The summed E-state index contributed by atoms with van der Waals surface area (Å²) in [4.78, 5) is 17.2. The molecule has 7 nitrogen and oxygen atoms in total. The standard InChI is InChI=1S/C15H15N2O5P/c18-16(19)13-6-8-14(9-7-13)22-17-15(10-11-21-23(17)20)12-4-2-1-3-5-12/h1-9,15,23H,10-11H2. The molecule has 0 saturated carbocycles. The summed E-state index contributed by atoms with van der Waals surface area (Å²) in [5.41, 5.74) is 0.954. The molecule has 0 spiro atoms. The average molecular weight is 334 g/mol. The predicted molar refractivity (Wildman–Crippen MR) is 84.3 cm³/mol. The first kappa shape index (κ1) is 15.7. The summed E-state index contributed by atoms with van der Waals surface area (Å²) >= 11 is 0. The van der Waals surface area contributed by atoms with Crippen LogP contribution < -0.4 is 4.84 Å². The van der Waals surface area contributed by atoms with Gasteiger partial charge in [-0.15, -0.1) is 0 Å². The van der Waals surface area contributed by atoms with E-state index >= 15 is 0 Å². The molecule has 0 radical (unpaired) electrons. The summed E-state index contributed by atoms with van der Waals surface area (Å²) in [6.45, 7) is 0.400. The van der Waals surface area contributed by atoms with E-state index < -0.39 is 13.1 Å². The molecule has 1 aliphatic heterocycles. The normalized spacial score (nSPS) is 21.7. The molecule has 2 atom stereocenters. The number of nitrogens with zero attached hydrogens (tertiary/aromatic N) is 2. The molecule has 3 rings (SSSR count). The minimum atomic E-state index is -2.52. The second-order valence-electron chi connectivity index (χ2n) is 5.00. The molecule has 0 bridgehead atoms. The van der Waals surface area contributed by atoms with Gasteiger partial charge in [0.15, 0.2) is 0 Å². The predicted octanol–water partition coefficient (Wildman–Crippen LogP) is 3.74. The Kier molecular flexibility index (Phi) is 4.71. The highest BCUT2D eigenvalue weighted by atomic mass is 31.1. The Morgan fingerprint density at radius 2 is 1.87 bits per heavy atom. The van der Waals surface area contributed by atoms with Crippen LogP contribution in [0.25, 0.3) is 0 Å². The van der Waals surface area contributed by atoms with Gasteiger partial charge in [0.25, 0.3) is 13.9 Å². The van der Waals surface area contributed by atoms with Crippen molar-refractivity contribution in [3.05, 3.63) is 70.3 Å². The molecular weight excluding hydrogens is 319 g/mol. The number of non-ortho nitro benzene ring substituents is 1. The van der Waals surface area contributed by atoms with E-state index in [9.17, 15) is 14.7 Å². The molecule has 2 aromatic rings. The number of rotatable bonds is 4. The molecule has 1 saturated heterocycles. The fourth-order valence-electron chi connectivity index (χ4n) is 2.39. The van der Waals surface area contributed by atoms with E-state index in [1.54, 1.807) is 0 Å². The van der Waals surface area contributed by atoms with E-state index in [2.05, 4.69) is 0 Å². The highest BCUT2D eigenvalue weighted by molar-refractivity contribution is 7.36. The summed E-state index contributed by atoms with van der Waals surface area (Å²) in [6, 6.07) is 15.1. The third-order valence-corrected chi connectivity index (χ3v) is 4.73. The van der Waals surface area contributed by atoms with Crippen LogP contribution in [0.5, 0.6) is 5.75 Å². The largest absolute Gasteiger partial charge is 0.397 e. The molecule has 1 heterocycles. The van der Waals surface area contributed by atoms with Crippen molar-refractivity contribution < 1.29 is 18.8 Å². The Balaban J connectivity index is 1.82. The number of benzene rings is 2. The monoisotopic (exact) mass is 334 g/mol. The number of nitro groups is 1. The smallest absolute Gasteiger partial charge is 0.293 e. The van der Waals surface area contributed by atoms with E-state index in [1.165, 1.54) is 29.1 Å². The van der Waals surface area contributed by atoms with Gasteiger partial charge in [-0.3, -0.25) is 14.7 Å². The number of hydrogen-bond donors (Lipinski definition) is 0. The number of hydrogen-bond acceptors (Lipinski definition) is 5. The lowest BCUT2D eigenvalue weighted by Crippen LogP contribution is -2.30. The van der Waals surface area contributed by atoms with Crippen LogP contribution in [0.3, 0.4) is 0 Å². The highest BCUT2D eigenvalue weighted by Crippen LogP contribution is 2.44. The molecule has 0 aliphatic carbocycles. The molecule has 120 valence electrons. The van der Waals surface area contributed by atoms with Crippen LogP contribution >= 0.6 is 8.18 Å². The third-order valence-electron chi connectivity index (χ3n) is 3.52. The van der Waals surface area contributed by atoms with E-state index in [0.717, 1.165) is 5.56 Å². The fourth-order valence-corrected chi connectivity index (χ4v) is 3.52. The van der Waals surface area contributed by atoms with Gasteiger partial charge in [-0.2, -0.15) is 0 Å². The quantitative estimate of drug-likeness (QED) is 0.481. The van der Waals surface area contributed by atoms with Gasteiger partial charge in [0.05, 0.1) is 17.6 Å². The highest BCUT2D eigenvalue weighted by Gasteiger charge is 2.32. The van der Waals surface area contributed by atoms with E-state index in [0.29, 0.717) is 18.8 Å². The van der Waals surface area contributed by atoms with E-state index in [-0.39, 0.29) is 11.7 Å². The lowest BCUT2D eigenvalue weighted by Gasteiger charge is -2.33. The van der Waals surface area contributed by atoms with Gasteiger partial charge in [0, 0.05) is 12.1 Å². The molecule has 0 N–H and O–H groups in total. The van der Waals surface area contributed by atoms with Crippen molar-refractivity contribution in [1.82, 2.24) is 4.83 Å². The van der Waals surface area contributed by atoms with Crippen molar-refractivity contribution in [1.29, 1.82) is 0 Å². The Labute approximate surface area is 133 Å². The van der Waals surface area contributed by atoms with Crippen molar-refractivity contribution in [3.63, 3.8) is 0 Å². The average Bonchev–Trinajstić information content (AvgIpc) is 2.58. The van der Waals surface area contributed by atoms with Gasteiger partial charge in [0.1, 0.15) is 5.75 Å². The van der Waals surface area contributed by atoms with E-state index in [4.69, 9.17) is 9.36 Å². The number of hydroxylamine groups is 1. The van der Waals surface area contributed by atoms with Gasteiger partial charge in [0.2, 0.25) is 0 Å². The molecule has 1 fully saturated rings. The van der Waals surface area contributed by atoms with Gasteiger partial charge in [-0.25, -0.2) is 0 Å². The summed E-state index contributed by atoms with van der Waals surface area (Å²) < 4.78 is 17.4. The van der Waals surface area contributed by atoms with Gasteiger partial charge in [-0.05, 0) is 24.1 Å². The lowest BCUT2D eigenvalue weighted by atomic mass is 10.1. The van der Waals surface area contributed by atoms with Crippen molar-refractivity contribution >= 4 is 13.9 Å². The van der Waals surface area contributed by atoms with Gasteiger partial charge < -0.3 is 9.36 Å². The third kappa shape index (κ3) is 3.59. The summed E-state index contributed by atoms with van der Waals surface area (Å²) in [6.07, 6.45) is 0.646. The van der Waals surface area contributed by atoms with Crippen LogP contribution in [-0.4, -0.2) is 16.4 Å². The zero-order valence-electron chi connectivity index (χ0n) is 12.1. The Morgan fingerprint density at radius 1 is 1.17 bits per heavy atom. The second kappa shape index (κ2) is 6.91. The lowest BCUT2D eigenvalue weighted by molar-refractivity contribution is -0.384. The fraction of sp³-hybridized carbons (Fsp3) is 0.200. The SMILES string of the molecule is O=[N+]([O-])c1ccc(ON2C(c3ccccc3)CCO[PH]2=O)cc1.